The number of fused-ring (bicyclic) bond motifs is 1. The van der Waals surface area contributed by atoms with Crippen LogP contribution in [0.1, 0.15) is 21.6 Å². The molecule has 0 saturated carbocycles. The maximum atomic E-state index is 13.1. The van der Waals surface area contributed by atoms with E-state index in [-0.39, 0.29) is 12.4 Å². The third-order valence-corrected chi connectivity index (χ3v) is 4.17. The second kappa shape index (κ2) is 6.95. The van der Waals surface area contributed by atoms with Gasteiger partial charge < -0.3 is 9.26 Å². The molecule has 0 N–H and O–H groups in total. The fraction of sp³-hybridized carbons (Fsp3) is 0.100. The summed E-state index contributed by atoms with van der Waals surface area (Å²) in [4.78, 5) is 20.7. The summed E-state index contributed by atoms with van der Waals surface area (Å²) in [6.45, 7) is 1.78. The minimum absolute atomic E-state index is 0.0339. The molecule has 0 aliphatic carbocycles. The summed E-state index contributed by atoms with van der Waals surface area (Å²) in [6.07, 6.45) is 3.15. The molecular weight excluding hydrogens is 349 g/mol. The Kier molecular flexibility index (Phi) is 4.33. The molecule has 0 aliphatic rings. The normalized spacial score (nSPS) is 10.9. The Morgan fingerprint density at radius 1 is 1.07 bits per heavy atom. The molecule has 0 fully saturated rings. The molecule has 0 unspecified atom stereocenters. The SMILES string of the molecule is Cc1c(COC(=O)c2ccc3nccnc3c2)noc1-c1ccc(F)cc1. The fourth-order valence-electron chi connectivity index (χ4n) is 2.68. The molecule has 4 aromatic rings. The molecule has 7 heteroatoms. The maximum Gasteiger partial charge on any atom is 0.338 e. The van der Waals surface area contributed by atoms with Crippen LogP contribution in [0.25, 0.3) is 22.4 Å². The number of rotatable bonds is 4. The van der Waals surface area contributed by atoms with Crippen LogP contribution in [0, 0.1) is 12.7 Å². The van der Waals surface area contributed by atoms with Crippen LogP contribution in [0.3, 0.4) is 0 Å². The van der Waals surface area contributed by atoms with Crippen LogP contribution in [0.2, 0.25) is 0 Å². The summed E-state index contributed by atoms with van der Waals surface area (Å²) < 4.78 is 23.7. The van der Waals surface area contributed by atoms with Crippen LogP contribution in [0.5, 0.6) is 0 Å². The Morgan fingerprint density at radius 2 is 1.81 bits per heavy atom. The summed E-state index contributed by atoms with van der Waals surface area (Å²) in [5.41, 5.74) is 3.63. The quantitative estimate of drug-likeness (QED) is 0.508. The highest BCUT2D eigenvalue weighted by atomic mass is 19.1. The van der Waals surface area contributed by atoms with Crippen molar-refractivity contribution in [2.75, 3.05) is 0 Å². The Bertz CT molecular complexity index is 1120. The van der Waals surface area contributed by atoms with Gasteiger partial charge in [-0.15, -0.1) is 0 Å². The predicted octanol–water partition coefficient (Wildman–Crippen LogP) is 4.09. The molecule has 6 nitrogen and oxygen atoms in total. The van der Waals surface area contributed by atoms with Crippen LogP contribution >= 0.6 is 0 Å². The van der Waals surface area contributed by atoms with Gasteiger partial charge >= 0.3 is 5.97 Å². The molecule has 0 amide bonds. The lowest BCUT2D eigenvalue weighted by molar-refractivity contribution is 0.0464. The van der Waals surface area contributed by atoms with E-state index in [1.54, 1.807) is 42.7 Å². The van der Waals surface area contributed by atoms with Gasteiger partial charge in [0.2, 0.25) is 0 Å². The van der Waals surface area contributed by atoms with Crippen LogP contribution in [0.15, 0.2) is 59.4 Å². The highest BCUT2D eigenvalue weighted by Crippen LogP contribution is 2.26. The molecule has 27 heavy (non-hydrogen) atoms. The lowest BCUT2D eigenvalue weighted by Gasteiger charge is -2.04. The van der Waals surface area contributed by atoms with Gasteiger partial charge in [-0.25, -0.2) is 9.18 Å². The average molecular weight is 363 g/mol. The van der Waals surface area contributed by atoms with E-state index in [9.17, 15) is 9.18 Å². The number of halogens is 1. The first-order valence-corrected chi connectivity index (χ1v) is 8.21. The zero-order valence-electron chi connectivity index (χ0n) is 14.3. The van der Waals surface area contributed by atoms with Gasteiger partial charge in [0.05, 0.1) is 16.6 Å². The first kappa shape index (κ1) is 16.8. The minimum Gasteiger partial charge on any atom is -0.455 e. The van der Waals surface area contributed by atoms with Crippen molar-refractivity contribution < 1.29 is 18.4 Å². The van der Waals surface area contributed by atoms with Gasteiger partial charge in [0, 0.05) is 23.5 Å². The van der Waals surface area contributed by atoms with Gasteiger partial charge in [0.25, 0.3) is 0 Å². The van der Waals surface area contributed by atoms with Gasteiger partial charge in [-0.1, -0.05) is 5.16 Å². The molecule has 0 aliphatic heterocycles. The third-order valence-electron chi connectivity index (χ3n) is 4.17. The van der Waals surface area contributed by atoms with Crippen LogP contribution in [0.4, 0.5) is 4.39 Å². The van der Waals surface area contributed by atoms with E-state index in [0.29, 0.717) is 33.6 Å². The fourth-order valence-corrected chi connectivity index (χ4v) is 2.68. The summed E-state index contributed by atoms with van der Waals surface area (Å²) >= 11 is 0. The smallest absolute Gasteiger partial charge is 0.338 e. The number of nitrogens with zero attached hydrogens (tertiary/aromatic N) is 3. The number of hydrogen-bond acceptors (Lipinski definition) is 6. The second-order valence-corrected chi connectivity index (χ2v) is 5.93. The zero-order chi connectivity index (χ0) is 18.8. The molecule has 0 atom stereocenters. The predicted molar refractivity (Wildman–Crippen MR) is 95.3 cm³/mol. The Balaban J connectivity index is 1.49. The summed E-state index contributed by atoms with van der Waals surface area (Å²) in [7, 11) is 0. The van der Waals surface area contributed by atoms with Crippen molar-refractivity contribution in [2.24, 2.45) is 0 Å². The van der Waals surface area contributed by atoms with E-state index in [4.69, 9.17) is 9.26 Å². The van der Waals surface area contributed by atoms with E-state index in [2.05, 4.69) is 15.1 Å². The largest absolute Gasteiger partial charge is 0.455 e. The van der Waals surface area contributed by atoms with Crippen LogP contribution in [-0.2, 0) is 11.3 Å². The number of carbonyl (C=O) groups excluding carboxylic acids is 1. The maximum absolute atomic E-state index is 13.1. The molecule has 0 radical (unpaired) electrons. The van der Waals surface area contributed by atoms with Crippen molar-refractivity contribution in [3.05, 3.63) is 77.5 Å². The van der Waals surface area contributed by atoms with Gasteiger partial charge in [-0.3, -0.25) is 9.97 Å². The van der Waals surface area contributed by atoms with E-state index in [0.717, 1.165) is 5.56 Å². The zero-order valence-corrected chi connectivity index (χ0v) is 14.3. The third kappa shape index (κ3) is 3.39. The number of benzene rings is 2. The van der Waals surface area contributed by atoms with E-state index >= 15 is 0 Å². The Morgan fingerprint density at radius 3 is 2.59 bits per heavy atom. The summed E-state index contributed by atoms with van der Waals surface area (Å²) in [5, 5.41) is 3.96. The molecule has 4 rings (SSSR count). The molecule has 0 saturated heterocycles. The second-order valence-electron chi connectivity index (χ2n) is 5.93. The number of hydrogen-bond donors (Lipinski definition) is 0. The van der Waals surface area contributed by atoms with Gasteiger partial charge in [0.1, 0.15) is 18.1 Å². The lowest BCUT2D eigenvalue weighted by Crippen LogP contribution is -2.06. The molecule has 0 spiro atoms. The van der Waals surface area contributed by atoms with Crippen molar-refractivity contribution in [3.63, 3.8) is 0 Å². The molecule has 2 aromatic carbocycles. The molecule has 134 valence electrons. The van der Waals surface area contributed by atoms with Crippen molar-refractivity contribution in [2.45, 2.75) is 13.5 Å². The first-order chi connectivity index (χ1) is 13.1. The number of aromatic nitrogens is 3. The topological polar surface area (TPSA) is 78.1 Å². The van der Waals surface area contributed by atoms with E-state index < -0.39 is 5.97 Å². The van der Waals surface area contributed by atoms with Gasteiger partial charge in [0.15, 0.2) is 5.76 Å². The summed E-state index contributed by atoms with van der Waals surface area (Å²) in [5.74, 6) is -0.305. The standard InChI is InChI=1S/C20H14FN3O3/c1-12-18(24-27-19(12)13-2-5-15(21)6-3-13)11-26-20(25)14-4-7-16-17(10-14)23-9-8-22-16/h2-10H,11H2,1H3. The van der Waals surface area contributed by atoms with E-state index in [1.807, 2.05) is 6.92 Å². The monoisotopic (exact) mass is 363 g/mol. The average Bonchev–Trinajstić information content (AvgIpc) is 3.07. The Labute approximate surface area is 153 Å². The molecule has 0 bridgehead atoms. The minimum atomic E-state index is -0.492. The van der Waals surface area contributed by atoms with E-state index in [1.165, 1.54) is 12.1 Å². The molecule has 2 aromatic heterocycles. The highest BCUT2D eigenvalue weighted by Gasteiger charge is 2.16. The van der Waals surface area contributed by atoms with Crippen molar-refractivity contribution in [1.82, 2.24) is 15.1 Å². The van der Waals surface area contributed by atoms with Crippen LogP contribution < -0.4 is 0 Å². The lowest BCUT2D eigenvalue weighted by atomic mass is 10.1. The van der Waals surface area contributed by atoms with Crippen LogP contribution in [-0.4, -0.2) is 21.1 Å². The first-order valence-electron chi connectivity index (χ1n) is 8.21. The van der Waals surface area contributed by atoms with Crippen molar-refractivity contribution >= 4 is 17.0 Å². The number of esters is 1. The Hall–Kier alpha value is -3.61. The molecule has 2 heterocycles. The van der Waals surface area contributed by atoms with Crippen molar-refractivity contribution in [1.29, 1.82) is 0 Å². The number of carbonyl (C=O) groups is 1. The van der Waals surface area contributed by atoms with Gasteiger partial charge in [-0.2, -0.15) is 0 Å². The molecular formula is C20H14FN3O3. The van der Waals surface area contributed by atoms with Crippen molar-refractivity contribution in [3.8, 4) is 11.3 Å². The number of ether oxygens (including phenoxy) is 1. The highest BCUT2D eigenvalue weighted by molar-refractivity contribution is 5.93. The van der Waals surface area contributed by atoms with Gasteiger partial charge in [-0.05, 0) is 49.4 Å². The summed E-state index contributed by atoms with van der Waals surface area (Å²) in [6, 6.07) is 10.9.